The van der Waals surface area contributed by atoms with E-state index in [1.807, 2.05) is 6.07 Å². The average molecular weight is 757 g/mol. The third-order valence-electron chi connectivity index (χ3n) is 11.3. The Balaban J connectivity index is 0.882. The lowest BCUT2D eigenvalue weighted by molar-refractivity contribution is 1.29. The highest BCUT2D eigenvalue weighted by Gasteiger charge is 2.15. The van der Waals surface area contributed by atoms with Crippen LogP contribution in [-0.4, -0.2) is 4.98 Å². The van der Waals surface area contributed by atoms with E-state index in [1.165, 1.54) is 70.4 Å². The van der Waals surface area contributed by atoms with Gasteiger partial charge in [0.25, 0.3) is 0 Å². The first-order valence-corrected chi connectivity index (χ1v) is 20.5. The maximum atomic E-state index is 4.86. The summed E-state index contributed by atoms with van der Waals surface area (Å²) < 4.78 is 1.21. The summed E-state index contributed by atoms with van der Waals surface area (Å²) in [5.41, 5.74) is 12.7. The molecular formula is C55H36N2S. The van der Waals surface area contributed by atoms with Gasteiger partial charge in [-0.25, -0.2) is 4.98 Å². The normalized spacial score (nSPS) is 11.4. The first-order valence-electron chi connectivity index (χ1n) is 19.7. The fraction of sp³-hybridized carbons (Fsp3) is 0. The highest BCUT2D eigenvalue weighted by Crippen LogP contribution is 2.39. The Labute approximate surface area is 341 Å². The molecule has 3 heteroatoms. The molecule has 1 aromatic heterocycles. The fourth-order valence-corrected chi connectivity index (χ4v) is 9.12. The summed E-state index contributed by atoms with van der Waals surface area (Å²) in [6.45, 7) is 0. The van der Waals surface area contributed by atoms with Crippen molar-refractivity contribution in [2.75, 3.05) is 4.90 Å². The van der Waals surface area contributed by atoms with Crippen LogP contribution in [0.5, 0.6) is 0 Å². The molecular weight excluding hydrogens is 721 g/mol. The lowest BCUT2D eigenvalue weighted by atomic mass is 9.97. The van der Waals surface area contributed by atoms with Crippen molar-refractivity contribution in [1.82, 2.24) is 4.98 Å². The van der Waals surface area contributed by atoms with E-state index in [9.17, 15) is 0 Å². The molecule has 2 nitrogen and oxygen atoms in total. The fourth-order valence-electron chi connectivity index (χ4n) is 8.14. The van der Waals surface area contributed by atoms with E-state index in [2.05, 4.69) is 217 Å². The molecule has 0 aliphatic heterocycles. The quantitative estimate of drug-likeness (QED) is 0.151. The van der Waals surface area contributed by atoms with Crippen molar-refractivity contribution in [3.05, 3.63) is 218 Å². The monoisotopic (exact) mass is 756 g/mol. The van der Waals surface area contributed by atoms with Crippen LogP contribution in [0.25, 0.3) is 86.5 Å². The summed E-state index contributed by atoms with van der Waals surface area (Å²) in [5, 5.41) is 8.56. The predicted molar refractivity (Wildman–Crippen MR) is 249 cm³/mol. The van der Waals surface area contributed by atoms with Gasteiger partial charge >= 0.3 is 0 Å². The zero-order valence-electron chi connectivity index (χ0n) is 31.6. The van der Waals surface area contributed by atoms with Crippen LogP contribution >= 0.6 is 11.3 Å². The van der Waals surface area contributed by atoms with Crippen molar-refractivity contribution in [3.63, 3.8) is 0 Å². The van der Waals surface area contributed by atoms with E-state index >= 15 is 0 Å². The van der Waals surface area contributed by atoms with E-state index in [0.717, 1.165) is 33.1 Å². The topological polar surface area (TPSA) is 16.1 Å². The van der Waals surface area contributed by atoms with Crippen LogP contribution in [0.2, 0.25) is 0 Å². The largest absolute Gasteiger partial charge is 0.310 e. The Bertz CT molecular complexity index is 3220. The Morgan fingerprint density at radius 2 is 0.707 bits per heavy atom. The van der Waals surface area contributed by atoms with Gasteiger partial charge in [-0.15, -0.1) is 11.3 Å². The lowest BCUT2D eigenvalue weighted by Gasteiger charge is -2.26. The number of rotatable bonds is 7. The molecule has 0 aliphatic rings. The zero-order chi connectivity index (χ0) is 38.4. The Morgan fingerprint density at radius 3 is 1.31 bits per heavy atom. The molecule has 0 bridgehead atoms. The van der Waals surface area contributed by atoms with Gasteiger partial charge < -0.3 is 4.90 Å². The Morgan fingerprint density at radius 1 is 0.293 bits per heavy atom. The number of thiazole rings is 1. The van der Waals surface area contributed by atoms with Crippen molar-refractivity contribution in [3.8, 4) is 44.0 Å². The van der Waals surface area contributed by atoms with Gasteiger partial charge in [0.15, 0.2) is 0 Å². The second-order valence-corrected chi connectivity index (χ2v) is 15.9. The van der Waals surface area contributed by atoms with Crippen molar-refractivity contribution in [1.29, 1.82) is 0 Å². The summed E-state index contributed by atoms with van der Waals surface area (Å²) in [6, 6.07) is 79.1. The van der Waals surface area contributed by atoms with Crippen molar-refractivity contribution >= 4 is 70.9 Å². The molecule has 0 amide bonds. The smallest absolute Gasteiger partial charge is 0.124 e. The number of para-hydroxylation sites is 1. The molecule has 0 saturated carbocycles. The summed E-state index contributed by atoms with van der Waals surface area (Å²) in [5.74, 6) is 0. The summed E-state index contributed by atoms with van der Waals surface area (Å²) in [6.07, 6.45) is 0. The third-order valence-corrected chi connectivity index (χ3v) is 12.3. The van der Waals surface area contributed by atoms with Crippen molar-refractivity contribution in [2.24, 2.45) is 0 Å². The highest BCUT2D eigenvalue weighted by molar-refractivity contribution is 7.21. The van der Waals surface area contributed by atoms with Gasteiger partial charge in [-0.2, -0.15) is 0 Å². The maximum absolute atomic E-state index is 4.86. The van der Waals surface area contributed by atoms with E-state index in [1.54, 1.807) is 11.3 Å². The molecule has 11 rings (SSSR count). The summed E-state index contributed by atoms with van der Waals surface area (Å²) in [4.78, 5) is 7.21. The molecule has 0 aliphatic carbocycles. The van der Waals surface area contributed by atoms with Gasteiger partial charge in [-0.3, -0.25) is 0 Å². The highest BCUT2D eigenvalue weighted by atomic mass is 32.1. The number of benzene rings is 10. The zero-order valence-corrected chi connectivity index (χ0v) is 32.4. The summed E-state index contributed by atoms with van der Waals surface area (Å²) in [7, 11) is 0. The van der Waals surface area contributed by atoms with Gasteiger partial charge in [0.2, 0.25) is 0 Å². The van der Waals surface area contributed by atoms with E-state index in [4.69, 9.17) is 4.98 Å². The van der Waals surface area contributed by atoms with E-state index in [-0.39, 0.29) is 0 Å². The molecule has 0 radical (unpaired) electrons. The maximum Gasteiger partial charge on any atom is 0.124 e. The molecule has 0 unspecified atom stereocenters. The second-order valence-electron chi connectivity index (χ2n) is 14.9. The number of hydrogen-bond acceptors (Lipinski definition) is 3. The molecule has 10 aromatic carbocycles. The van der Waals surface area contributed by atoms with Crippen LogP contribution in [-0.2, 0) is 0 Å². The van der Waals surface area contributed by atoms with Crippen LogP contribution in [0.1, 0.15) is 0 Å². The van der Waals surface area contributed by atoms with Crippen LogP contribution in [0.15, 0.2) is 218 Å². The Kier molecular flexibility index (Phi) is 8.38. The van der Waals surface area contributed by atoms with E-state index < -0.39 is 0 Å². The molecule has 0 atom stereocenters. The van der Waals surface area contributed by atoms with Crippen molar-refractivity contribution < 1.29 is 0 Å². The molecule has 1 heterocycles. The van der Waals surface area contributed by atoms with Gasteiger partial charge in [0.1, 0.15) is 5.01 Å². The Hall–Kier alpha value is -7.33. The van der Waals surface area contributed by atoms with Crippen LogP contribution in [0.4, 0.5) is 17.1 Å². The summed E-state index contributed by atoms with van der Waals surface area (Å²) >= 11 is 1.74. The predicted octanol–water partition coefficient (Wildman–Crippen LogP) is 15.9. The molecule has 272 valence electrons. The minimum Gasteiger partial charge on any atom is -0.310 e. The minimum atomic E-state index is 1.05. The van der Waals surface area contributed by atoms with Crippen LogP contribution in [0.3, 0.4) is 0 Å². The second kappa shape index (κ2) is 14.3. The van der Waals surface area contributed by atoms with Gasteiger partial charge in [0.05, 0.1) is 10.2 Å². The SMILES string of the molecule is c1ccc2cc(N(c3ccc(-c4ccc(-c5ccc6cc7ccccc7cc6c5)cc4)cc3)c3ccc(-c4ccc(-c5nc6ccccc6s5)cc4)cc3)ccc2c1. The van der Waals surface area contributed by atoms with E-state index in [0.29, 0.717) is 0 Å². The molecule has 0 N–H and O–H groups in total. The van der Waals surface area contributed by atoms with Gasteiger partial charge in [0, 0.05) is 22.6 Å². The first-order chi connectivity index (χ1) is 28.7. The molecule has 58 heavy (non-hydrogen) atoms. The standard InChI is InChI=1S/C55H36N2S/c1-2-10-46-36-52(32-27-37(46)7-1)57(51-30-25-41(26-31-51)39-17-19-43(20-18-39)55-56-53-11-5-6-12-54(53)58-55)50-28-23-40(24-29-50)38-13-15-42(16-14-38)47-21-22-48-33-44-8-3-4-9-45(44)34-49(48)35-47/h1-36H. The minimum absolute atomic E-state index is 1.05. The van der Waals surface area contributed by atoms with Crippen LogP contribution in [0, 0.1) is 0 Å². The third kappa shape index (κ3) is 6.38. The van der Waals surface area contributed by atoms with Gasteiger partial charge in [-0.05, 0) is 132 Å². The number of nitrogens with zero attached hydrogens (tertiary/aromatic N) is 2. The van der Waals surface area contributed by atoms with Crippen molar-refractivity contribution in [2.45, 2.75) is 0 Å². The van der Waals surface area contributed by atoms with Crippen LogP contribution < -0.4 is 4.90 Å². The molecule has 0 spiro atoms. The first kappa shape index (κ1) is 34.0. The number of hydrogen-bond donors (Lipinski definition) is 0. The molecule has 0 fully saturated rings. The number of aromatic nitrogens is 1. The average Bonchev–Trinajstić information content (AvgIpc) is 3.74. The number of anilines is 3. The lowest BCUT2D eigenvalue weighted by Crippen LogP contribution is -2.09. The number of fused-ring (bicyclic) bond motifs is 4. The van der Waals surface area contributed by atoms with Gasteiger partial charge in [-0.1, -0.05) is 152 Å². The molecule has 11 aromatic rings. The molecule has 0 saturated heterocycles.